The minimum atomic E-state index is 0.654. The lowest BCUT2D eigenvalue weighted by Crippen LogP contribution is -2.17. The van der Waals surface area contributed by atoms with Crippen molar-refractivity contribution in [1.82, 2.24) is 9.78 Å². The van der Waals surface area contributed by atoms with E-state index < -0.39 is 0 Å². The molecule has 2 heterocycles. The fourth-order valence-corrected chi connectivity index (χ4v) is 2.11. The highest BCUT2D eigenvalue weighted by Crippen LogP contribution is 2.28. The molecule has 0 unspecified atom stereocenters. The standard InChI is InChI=1S/C10H16N2O/c1-8-7-11-12(2)10(8)9-3-5-13-6-4-9/h7,9H,3-6H2,1-2H3. The monoisotopic (exact) mass is 180 g/mol. The zero-order valence-corrected chi connectivity index (χ0v) is 8.29. The Labute approximate surface area is 78.7 Å². The molecule has 1 aliphatic heterocycles. The Balaban J connectivity index is 2.22. The van der Waals surface area contributed by atoms with Crippen molar-refractivity contribution >= 4 is 0 Å². The fourth-order valence-electron chi connectivity index (χ4n) is 2.11. The lowest BCUT2D eigenvalue weighted by Gasteiger charge is -2.22. The Bertz CT molecular complexity index is 268. The molecule has 3 heteroatoms. The summed E-state index contributed by atoms with van der Waals surface area (Å²) >= 11 is 0. The third-order valence-electron chi connectivity index (χ3n) is 2.79. The lowest BCUT2D eigenvalue weighted by atomic mass is 9.94. The smallest absolute Gasteiger partial charge is 0.0521 e. The van der Waals surface area contributed by atoms with Crippen LogP contribution in [-0.2, 0) is 11.8 Å². The molecule has 1 aromatic rings. The molecule has 2 rings (SSSR count). The second kappa shape index (κ2) is 3.50. The number of nitrogens with zero attached hydrogens (tertiary/aromatic N) is 2. The number of ether oxygens (including phenoxy) is 1. The third-order valence-corrected chi connectivity index (χ3v) is 2.79. The molecule has 13 heavy (non-hydrogen) atoms. The largest absolute Gasteiger partial charge is 0.381 e. The highest BCUT2D eigenvalue weighted by molar-refractivity contribution is 5.20. The van der Waals surface area contributed by atoms with Crippen LogP contribution in [0.1, 0.15) is 30.0 Å². The quantitative estimate of drug-likeness (QED) is 0.656. The molecule has 0 atom stereocenters. The molecule has 0 N–H and O–H groups in total. The highest BCUT2D eigenvalue weighted by atomic mass is 16.5. The number of rotatable bonds is 1. The first-order valence-electron chi connectivity index (χ1n) is 4.85. The van der Waals surface area contributed by atoms with Crippen LogP contribution in [-0.4, -0.2) is 23.0 Å². The second-order valence-electron chi connectivity index (χ2n) is 3.72. The Morgan fingerprint density at radius 1 is 1.46 bits per heavy atom. The molecular weight excluding hydrogens is 164 g/mol. The molecule has 0 spiro atoms. The third kappa shape index (κ3) is 1.61. The summed E-state index contributed by atoms with van der Waals surface area (Å²) in [7, 11) is 2.03. The Kier molecular flexibility index (Phi) is 2.36. The molecule has 0 bridgehead atoms. The molecule has 3 nitrogen and oxygen atoms in total. The van der Waals surface area contributed by atoms with Gasteiger partial charge in [0.1, 0.15) is 0 Å². The van der Waals surface area contributed by atoms with Gasteiger partial charge in [-0.05, 0) is 25.3 Å². The van der Waals surface area contributed by atoms with Crippen LogP contribution in [0.4, 0.5) is 0 Å². The normalized spacial score (nSPS) is 19.2. The van der Waals surface area contributed by atoms with E-state index in [1.54, 1.807) is 0 Å². The molecule has 1 aromatic heterocycles. The molecule has 0 radical (unpaired) electrons. The average molecular weight is 180 g/mol. The maximum absolute atomic E-state index is 5.35. The second-order valence-corrected chi connectivity index (χ2v) is 3.72. The number of aromatic nitrogens is 2. The SMILES string of the molecule is Cc1cnn(C)c1C1CCOCC1. The van der Waals surface area contributed by atoms with Crippen molar-refractivity contribution in [3.8, 4) is 0 Å². The fraction of sp³-hybridized carbons (Fsp3) is 0.700. The predicted molar refractivity (Wildman–Crippen MR) is 50.7 cm³/mol. The predicted octanol–water partition coefficient (Wildman–Crippen LogP) is 1.62. The lowest BCUT2D eigenvalue weighted by molar-refractivity contribution is 0.0836. The highest BCUT2D eigenvalue weighted by Gasteiger charge is 2.20. The van der Waals surface area contributed by atoms with Gasteiger partial charge in [-0.3, -0.25) is 4.68 Å². The van der Waals surface area contributed by atoms with Gasteiger partial charge < -0.3 is 4.74 Å². The van der Waals surface area contributed by atoms with Crippen molar-refractivity contribution < 1.29 is 4.74 Å². The number of aryl methyl sites for hydroxylation is 2. The van der Waals surface area contributed by atoms with Crippen molar-refractivity contribution in [2.75, 3.05) is 13.2 Å². The summed E-state index contributed by atoms with van der Waals surface area (Å²) in [5.74, 6) is 0.654. The average Bonchev–Trinajstić information content (AvgIpc) is 2.48. The van der Waals surface area contributed by atoms with Crippen LogP contribution in [0.2, 0.25) is 0 Å². The van der Waals surface area contributed by atoms with E-state index in [-0.39, 0.29) is 0 Å². The van der Waals surface area contributed by atoms with Gasteiger partial charge in [-0.1, -0.05) is 0 Å². The van der Waals surface area contributed by atoms with Crippen LogP contribution in [0.15, 0.2) is 6.20 Å². The van der Waals surface area contributed by atoms with Crippen LogP contribution < -0.4 is 0 Å². The first-order chi connectivity index (χ1) is 6.29. The number of hydrogen-bond acceptors (Lipinski definition) is 2. The van der Waals surface area contributed by atoms with E-state index in [1.807, 2.05) is 17.9 Å². The molecule has 0 amide bonds. The Hall–Kier alpha value is -0.830. The topological polar surface area (TPSA) is 27.1 Å². The van der Waals surface area contributed by atoms with Gasteiger partial charge >= 0.3 is 0 Å². The first kappa shape index (κ1) is 8.75. The summed E-state index contributed by atoms with van der Waals surface area (Å²) in [4.78, 5) is 0. The minimum absolute atomic E-state index is 0.654. The molecule has 0 saturated carbocycles. The van der Waals surface area contributed by atoms with Crippen molar-refractivity contribution in [1.29, 1.82) is 0 Å². The maximum Gasteiger partial charge on any atom is 0.0521 e. The summed E-state index contributed by atoms with van der Waals surface area (Å²) in [6.45, 7) is 3.93. The van der Waals surface area contributed by atoms with Crippen molar-refractivity contribution in [3.05, 3.63) is 17.5 Å². The summed E-state index contributed by atoms with van der Waals surface area (Å²) in [5, 5.41) is 4.27. The molecule has 1 fully saturated rings. The summed E-state index contributed by atoms with van der Waals surface area (Å²) in [6, 6.07) is 0. The van der Waals surface area contributed by atoms with Crippen molar-refractivity contribution in [2.45, 2.75) is 25.7 Å². The van der Waals surface area contributed by atoms with Crippen molar-refractivity contribution in [3.63, 3.8) is 0 Å². The zero-order valence-electron chi connectivity index (χ0n) is 8.29. The first-order valence-corrected chi connectivity index (χ1v) is 4.85. The van der Waals surface area contributed by atoms with Gasteiger partial charge in [-0.25, -0.2) is 0 Å². The van der Waals surface area contributed by atoms with Gasteiger partial charge in [-0.2, -0.15) is 5.10 Å². The van der Waals surface area contributed by atoms with E-state index in [9.17, 15) is 0 Å². The molecule has 0 aliphatic carbocycles. The van der Waals surface area contributed by atoms with Crippen LogP contribution in [0.25, 0.3) is 0 Å². The van der Waals surface area contributed by atoms with Gasteiger partial charge in [0.2, 0.25) is 0 Å². The number of hydrogen-bond donors (Lipinski definition) is 0. The van der Waals surface area contributed by atoms with E-state index in [2.05, 4.69) is 12.0 Å². The molecular formula is C10H16N2O. The van der Waals surface area contributed by atoms with E-state index in [1.165, 1.54) is 11.3 Å². The summed E-state index contributed by atoms with van der Waals surface area (Å²) in [5.41, 5.74) is 2.71. The Morgan fingerprint density at radius 3 is 2.69 bits per heavy atom. The zero-order chi connectivity index (χ0) is 9.26. The van der Waals surface area contributed by atoms with Crippen LogP contribution >= 0.6 is 0 Å². The van der Waals surface area contributed by atoms with Crippen LogP contribution in [0.5, 0.6) is 0 Å². The summed E-state index contributed by atoms with van der Waals surface area (Å²) < 4.78 is 7.35. The van der Waals surface area contributed by atoms with Crippen molar-refractivity contribution in [2.24, 2.45) is 7.05 Å². The van der Waals surface area contributed by atoms with Crippen LogP contribution in [0, 0.1) is 6.92 Å². The molecule has 0 aromatic carbocycles. The maximum atomic E-state index is 5.35. The summed E-state index contributed by atoms with van der Waals surface area (Å²) in [6.07, 6.45) is 4.23. The minimum Gasteiger partial charge on any atom is -0.381 e. The molecule has 72 valence electrons. The molecule has 1 aliphatic rings. The van der Waals surface area contributed by atoms with Gasteiger partial charge in [-0.15, -0.1) is 0 Å². The van der Waals surface area contributed by atoms with E-state index >= 15 is 0 Å². The van der Waals surface area contributed by atoms with E-state index in [4.69, 9.17) is 4.74 Å². The Morgan fingerprint density at radius 2 is 2.15 bits per heavy atom. The van der Waals surface area contributed by atoms with E-state index in [0.29, 0.717) is 5.92 Å². The van der Waals surface area contributed by atoms with Crippen LogP contribution in [0.3, 0.4) is 0 Å². The van der Waals surface area contributed by atoms with Gasteiger partial charge in [0.15, 0.2) is 0 Å². The molecule has 1 saturated heterocycles. The van der Waals surface area contributed by atoms with Gasteiger partial charge in [0, 0.05) is 31.9 Å². The van der Waals surface area contributed by atoms with E-state index in [0.717, 1.165) is 26.1 Å². The van der Waals surface area contributed by atoms with Gasteiger partial charge in [0.25, 0.3) is 0 Å². The van der Waals surface area contributed by atoms with Gasteiger partial charge in [0.05, 0.1) is 6.20 Å².